The number of benzene rings is 3. The number of unbranched alkanes of at least 4 members (excludes halogenated alkanes) is 5. The Balaban J connectivity index is 1.36. The van der Waals surface area contributed by atoms with Crippen LogP contribution in [0.2, 0.25) is 0 Å². The van der Waals surface area contributed by atoms with E-state index < -0.39 is 11.6 Å². The first-order valence-electron chi connectivity index (χ1n) is 14.7. The minimum absolute atomic E-state index is 0.00813. The van der Waals surface area contributed by atoms with E-state index in [2.05, 4.69) is 6.92 Å². The lowest BCUT2D eigenvalue weighted by molar-refractivity contribution is -0.190. The maximum atomic E-state index is 15.2. The maximum absolute atomic E-state index is 15.2. The lowest BCUT2D eigenvalue weighted by Gasteiger charge is -2.30. The van der Waals surface area contributed by atoms with Gasteiger partial charge >= 0.3 is 0 Å². The molecular formula is C35H41F3O2. The molecule has 1 aliphatic rings. The number of halogens is 3. The Hall–Kier alpha value is -2.89. The minimum Gasteiger partial charge on any atom is -0.352 e. The zero-order valence-electron chi connectivity index (χ0n) is 23.7. The zero-order valence-corrected chi connectivity index (χ0v) is 23.7. The Bertz CT molecular complexity index is 1240. The Labute approximate surface area is 237 Å². The van der Waals surface area contributed by atoms with Crippen molar-refractivity contribution in [3.8, 4) is 22.3 Å². The predicted octanol–water partition coefficient (Wildman–Crippen LogP) is 10.2. The number of allylic oxidation sites excluding steroid dienone is 2. The Morgan fingerprint density at radius 1 is 0.775 bits per heavy atom. The molecule has 1 aliphatic heterocycles. The van der Waals surface area contributed by atoms with Gasteiger partial charge in [-0.05, 0) is 67.3 Å². The third-order valence-corrected chi connectivity index (χ3v) is 7.70. The standard InChI is InChI=1S/C35H41F3O2/c1-3-5-7-9-11-13-33-39-23-29(24-40-33)28-19-20-30(32(36)22-28)25-14-16-26(17-15-25)31-21-18-27(34(37)35(31)38)12-10-8-6-4-2/h4,6,14-22,29,33H,3,5,7-13,23-24H2,1-2H3. The van der Waals surface area contributed by atoms with Crippen molar-refractivity contribution in [2.75, 3.05) is 13.2 Å². The molecule has 40 heavy (non-hydrogen) atoms. The molecule has 0 N–H and O–H groups in total. The van der Waals surface area contributed by atoms with Crippen LogP contribution in [-0.4, -0.2) is 19.5 Å². The molecule has 214 valence electrons. The van der Waals surface area contributed by atoms with E-state index in [9.17, 15) is 8.78 Å². The molecule has 3 aromatic rings. The number of hydrogen-bond donors (Lipinski definition) is 0. The molecule has 0 aliphatic carbocycles. The Morgan fingerprint density at radius 2 is 1.45 bits per heavy atom. The average molecular weight is 551 g/mol. The van der Waals surface area contributed by atoms with Crippen molar-refractivity contribution in [1.82, 2.24) is 0 Å². The topological polar surface area (TPSA) is 18.5 Å². The van der Waals surface area contributed by atoms with Crippen LogP contribution in [0.3, 0.4) is 0 Å². The minimum atomic E-state index is -0.845. The molecule has 1 heterocycles. The molecule has 0 aromatic heterocycles. The molecule has 0 atom stereocenters. The summed E-state index contributed by atoms with van der Waals surface area (Å²) in [5, 5.41) is 0. The summed E-state index contributed by atoms with van der Waals surface area (Å²) in [6, 6.07) is 15.4. The molecule has 0 saturated carbocycles. The van der Waals surface area contributed by atoms with Gasteiger partial charge in [0.25, 0.3) is 0 Å². The third-order valence-electron chi connectivity index (χ3n) is 7.70. The largest absolute Gasteiger partial charge is 0.352 e. The number of hydrogen-bond acceptors (Lipinski definition) is 2. The molecule has 4 rings (SSSR count). The quantitative estimate of drug-likeness (QED) is 0.156. The molecule has 0 bridgehead atoms. The summed E-state index contributed by atoms with van der Waals surface area (Å²) in [4.78, 5) is 0. The van der Waals surface area contributed by atoms with E-state index >= 15 is 4.39 Å². The highest BCUT2D eigenvalue weighted by Gasteiger charge is 2.24. The van der Waals surface area contributed by atoms with Crippen LogP contribution in [0, 0.1) is 17.5 Å². The zero-order chi connectivity index (χ0) is 28.3. The van der Waals surface area contributed by atoms with Gasteiger partial charge in [0.2, 0.25) is 0 Å². The second kappa shape index (κ2) is 15.2. The van der Waals surface area contributed by atoms with Gasteiger partial charge in [-0.25, -0.2) is 13.2 Å². The summed E-state index contributed by atoms with van der Waals surface area (Å²) in [5.74, 6) is -1.98. The van der Waals surface area contributed by atoms with Gasteiger partial charge in [0.15, 0.2) is 17.9 Å². The van der Waals surface area contributed by atoms with Crippen molar-refractivity contribution >= 4 is 0 Å². The van der Waals surface area contributed by atoms with Crippen LogP contribution in [0.4, 0.5) is 13.2 Å². The molecule has 2 nitrogen and oxygen atoms in total. The van der Waals surface area contributed by atoms with E-state index in [1.807, 2.05) is 25.1 Å². The summed E-state index contributed by atoms with van der Waals surface area (Å²) in [6.07, 6.45) is 12.8. The van der Waals surface area contributed by atoms with Gasteiger partial charge in [-0.15, -0.1) is 0 Å². The van der Waals surface area contributed by atoms with Crippen molar-refractivity contribution in [2.24, 2.45) is 0 Å². The molecule has 0 radical (unpaired) electrons. The fourth-order valence-electron chi connectivity index (χ4n) is 5.25. The first-order chi connectivity index (χ1) is 19.5. The van der Waals surface area contributed by atoms with Crippen molar-refractivity contribution in [2.45, 2.75) is 83.8 Å². The van der Waals surface area contributed by atoms with Crippen molar-refractivity contribution in [1.29, 1.82) is 0 Å². The lowest BCUT2D eigenvalue weighted by Crippen LogP contribution is -2.30. The highest BCUT2D eigenvalue weighted by Crippen LogP contribution is 2.32. The molecule has 5 heteroatoms. The monoisotopic (exact) mass is 550 g/mol. The molecule has 3 aromatic carbocycles. The first-order valence-corrected chi connectivity index (χ1v) is 14.7. The van der Waals surface area contributed by atoms with Gasteiger partial charge in [-0.2, -0.15) is 0 Å². The van der Waals surface area contributed by atoms with E-state index in [0.717, 1.165) is 31.2 Å². The van der Waals surface area contributed by atoms with Gasteiger partial charge in [0.05, 0.1) is 13.2 Å². The van der Waals surface area contributed by atoms with Crippen molar-refractivity contribution in [3.63, 3.8) is 0 Å². The number of rotatable bonds is 13. The smallest absolute Gasteiger partial charge is 0.166 e. The van der Waals surface area contributed by atoms with E-state index in [1.165, 1.54) is 25.7 Å². The second-order valence-electron chi connectivity index (χ2n) is 10.7. The normalized spacial score (nSPS) is 17.5. The van der Waals surface area contributed by atoms with Crippen LogP contribution in [0.1, 0.15) is 82.3 Å². The van der Waals surface area contributed by atoms with Crippen LogP contribution in [0.15, 0.2) is 66.7 Å². The highest BCUT2D eigenvalue weighted by atomic mass is 19.2. The highest BCUT2D eigenvalue weighted by molar-refractivity contribution is 5.71. The van der Waals surface area contributed by atoms with E-state index in [-0.39, 0.29) is 23.6 Å². The predicted molar refractivity (Wildman–Crippen MR) is 157 cm³/mol. The van der Waals surface area contributed by atoms with Crippen LogP contribution >= 0.6 is 0 Å². The molecule has 1 fully saturated rings. The fraction of sp³-hybridized carbons (Fsp3) is 0.429. The van der Waals surface area contributed by atoms with E-state index in [1.54, 1.807) is 48.5 Å². The summed E-state index contributed by atoms with van der Waals surface area (Å²) in [5.41, 5.74) is 3.12. The fourth-order valence-corrected chi connectivity index (χ4v) is 5.25. The van der Waals surface area contributed by atoms with Crippen LogP contribution in [-0.2, 0) is 15.9 Å². The Morgan fingerprint density at radius 3 is 2.12 bits per heavy atom. The SMILES string of the molecule is CC=CCCCc1ccc(-c2ccc(-c3ccc(C4COC(CCCCCCC)OC4)cc3F)cc2)c(F)c1F. The summed E-state index contributed by atoms with van der Waals surface area (Å²) < 4.78 is 56.6. The van der Waals surface area contributed by atoms with Crippen molar-refractivity contribution < 1.29 is 22.6 Å². The van der Waals surface area contributed by atoms with Crippen LogP contribution in [0.5, 0.6) is 0 Å². The van der Waals surface area contributed by atoms with Gasteiger partial charge in [-0.3, -0.25) is 0 Å². The molecular weight excluding hydrogens is 509 g/mol. The molecule has 0 spiro atoms. The molecule has 1 saturated heterocycles. The molecule has 0 unspecified atom stereocenters. The summed E-state index contributed by atoms with van der Waals surface area (Å²) in [7, 11) is 0. The third kappa shape index (κ3) is 7.86. The van der Waals surface area contributed by atoms with Crippen molar-refractivity contribution in [3.05, 3.63) is 95.3 Å². The van der Waals surface area contributed by atoms with Gasteiger partial charge < -0.3 is 9.47 Å². The van der Waals surface area contributed by atoms with Gasteiger partial charge in [-0.1, -0.05) is 93.3 Å². The summed E-state index contributed by atoms with van der Waals surface area (Å²) in [6.45, 7) is 5.18. The number of aryl methyl sites for hydroxylation is 1. The van der Waals surface area contributed by atoms with Gasteiger partial charge in [0, 0.05) is 17.0 Å². The summed E-state index contributed by atoms with van der Waals surface area (Å²) >= 11 is 0. The Kier molecular flexibility index (Phi) is 11.4. The van der Waals surface area contributed by atoms with Crippen LogP contribution < -0.4 is 0 Å². The first kappa shape index (κ1) is 30.1. The van der Waals surface area contributed by atoms with Crippen LogP contribution in [0.25, 0.3) is 22.3 Å². The molecule has 0 amide bonds. The van der Waals surface area contributed by atoms with E-state index in [4.69, 9.17) is 9.47 Å². The van der Waals surface area contributed by atoms with E-state index in [0.29, 0.717) is 41.9 Å². The second-order valence-corrected chi connectivity index (χ2v) is 10.7. The average Bonchev–Trinajstić information content (AvgIpc) is 2.98. The van der Waals surface area contributed by atoms with Gasteiger partial charge in [0.1, 0.15) is 5.82 Å². The maximum Gasteiger partial charge on any atom is 0.166 e. The number of ether oxygens (including phenoxy) is 2. The lowest BCUT2D eigenvalue weighted by atomic mass is 9.94.